The van der Waals surface area contributed by atoms with Crippen LogP contribution < -0.4 is 5.73 Å². The molecule has 3 heteroatoms. The zero-order valence-electron chi connectivity index (χ0n) is 18.3. The molecule has 162 valence electrons. The van der Waals surface area contributed by atoms with Crippen molar-refractivity contribution in [3.8, 4) is 0 Å². The maximum absolute atomic E-state index is 10.1. The number of benzene rings is 1. The van der Waals surface area contributed by atoms with E-state index in [0.717, 1.165) is 18.4 Å². The Hall–Kier alpha value is -0.900. The van der Waals surface area contributed by atoms with Gasteiger partial charge in [0.1, 0.15) is 0 Å². The van der Waals surface area contributed by atoms with Crippen LogP contribution in [-0.2, 0) is 11.3 Å². The van der Waals surface area contributed by atoms with Gasteiger partial charge >= 0.3 is 0 Å². The fourth-order valence-electron chi connectivity index (χ4n) is 3.59. The Morgan fingerprint density at radius 1 is 0.786 bits per heavy atom. The van der Waals surface area contributed by atoms with Gasteiger partial charge in [0.15, 0.2) is 0 Å². The zero-order chi connectivity index (χ0) is 20.3. The molecule has 0 radical (unpaired) electrons. The normalized spacial score (nSPS) is 13.5. The van der Waals surface area contributed by atoms with Gasteiger partial charge in [-0.25, -0.2) is 0 Å². The van der Waals surface area contributed by atoms with Gasteiger partial charge in [0, 0.05) is 6.04 Å². The molecular formula is C25H45NO2. The van der Waals surface area contributed by atoms with Crippen LogP contribution in [0.2, 0.25) is 0 Å². The van der Waals surface area contributed by atoms with Gasteiger partial charge in [0.25, 0.3) is 0 Å². The van der Waals surface area contributed by atoms with Gasteiger partial charge in [0.05, 0.1) is 19.3 Å². The second-order valence-electron chi connectivity index (χ2n) is 8.26. The SMILES string of the molecule is CCCCCCCCCCCCCCC[C@H](N)[C@@H](O)COCc1ccccc1. The minimum atomic E-state index is -0.568. The van der Waals surface area contributed by atoms with E-state index >= 15 is 0 Å². The fourth-order valence-corrected chi connectivity index (χ4v) is 3.59. The summed E-state index contributed by atoms with van der Waals surface area (Å²) in [6, 6.07) is 9.86. The first-order valence-corrected chi connectivity index (χ1v) is 11.8. The van der Waals surface area contributed by atoms with Crippen molar-refractivity contribution >= 4 is 0 Å². The number of rotatable bonds is 19. The van der Waals surface area contributed by atoms with Crippen LogP contribution in [0.25, 0.3) is 0 Å². The van der Waals surface area contributed by atoms with Crippen LogP contribution in [0.5, 0.6) is 0 Å². The summed E-state index contributed by atoms with van der Waals surface area (Å²) >= 11 is 0. The molecular weight excluding hydrogens is 346 g/mol. The average molecular weight is 392 g/mol. The third kappa shape index (κ3) is 14.1. The van der Waals surface area contributed by atoms with Crippen LogP contribution >= 0.6 is 0 Å². The van der Waals surface area contributed by atoms with E-state index in [4.69, 9.17) is 10.5 Å². The first kappa shape index (κ1) is 25.1. The van der Waals surface area contributed by atoms with Crippen LogP contribution in [0.15, 0.2) is 30.3 Å². The molecule has 28 heavy (non-hydrogen) atoms. The van der Waals surface area contributed by atoms with Gasteiger partial charge in [-0.1, -0.05) is 121 Å². The van der Waals surface area contributed by atoms with Crippen LogP contribution in [0.3, 0.4) is 0 Å². The topological polar surface area (TPSA) is 55.5 Å². The Morgan fingerprint density at radius 2 is 1.29 bits per heavy atom. The van der Waals surface area contributed by atoms with Crippen molar-refractivity contribution in [2.24, 2.45) is 5.73 Å². The molecule has 1 aromatic carbocycles. The lowest BCUT2D eigenvalue weighted by molar-refractivity contribution is 0.0143. The summed E-state index contributed by atoms with van der Waals surface area (Å²) < 4.78 is 5.59. The lowest BCUT2D eigenvalue weighted by Gasteiger charge is -2.18. The molecule has 0 bridgehead atoms. The molecule has 1 aromatic rings. The van der Waals surface area contributed by atoms with E-state index in [1.165, 1.54) is 77.0 Å². The van der Waals surface area contributed by atoms with E-state index in [1.54, 1.807) is 0 Å². The summed E-state index contributed by atoms with van der Waals surface area (Å²) in [6.45, 7) is 3.12. The molecule has 1 rings (SSSR count). The summed E-state index contributed by atoms with van der Waals surface area (Å²) in [4.78, 5) is 0. The molecule has 0 aliphatic rings. The predicted molar refractivity (Wildman–Crippen MR) is 120 cm³/mol. The molecule has 0 heterocycles. The van der Waals surface area contributed by atoms with Crippen molar-refractivity contribution in [2.45, 2.75) is 116 Å². The second-order valence-corrected chi connectivity index (χ2v) is 8.26. The Kier molecular flexibility index (Phi) is 16.3. The molecule has 0 amide bonds. The van der Waals surface area contributed by atoms with Crippen LogP contribution in [0.4, 0.5) is 0 Å². The van der Waals surface area contributed by atoms with Gasteiger partial charge in [0.2, 0.25) is 0 Å². The Balaban J connectivity index is 1.86. The monoisotopic (exact) mass is 391 g/mol. The third-order valence-electron chi connectivity index (χ3n) is 5.54. The van der Waals surface area contributed by atoms with Gasteiger partial charge in [-0.15, -0.1) is 0 Å². The molecule has 0 spiro atoms. The highest BCUT2D eigenvalue weighted by Gasteiger charge is 2.14. The van der Waals surface area contributed by atoms with E-state index in [9.17, 15) is 5.11 Å². The molecule has 2 atom stereocenters. The number of nitrogens with two attached hydrogens (primary N) is 1. The molecule has 0 saturated heterocycles. The number of ether oxygens (including phenoxy) is 1. The van der Waals surface area contributed by atoms with Crippen molar-refractivity contribution in [2.75, 3.05) is 6.61 Å². The molecule has 0 aromatic heterocycles. The second kappa shape index (κ2) is 18.1. The van der Waals surface area contributed by atoms with E-state index in [2.05, 4.69) is 6.92 Å². The van der Waals surface area contributed by atoms with E-state index < -0.39 is 6.10 Å². The van der Waals surface area contributed by atoms with Gasteiger partial charge in [-0.2, -0.15) is 0 Å². The first-order chi connectivity index (χ1) is 13.7. The van der Waals surface area contributed by atoms with Crippen LogP contribution in [-0.4, -0.2) is 23.9 Å². The number of aliphatic hydroxyl groups is 1. The minimum absolute atomic E-state index is 0.177. The molecule has 3 nitrogen and oxygen atoms in total. The standard InChI is InChI=1S/C25H45NO2/c1-2-3-4-5-6-7-8-9-10-11-12-13-17-20-24(26)25(27)22-28-21-23-18-15-14-16-19-23/h14-16,18-19,24-25,27H,2-13,17,20-22,26H2,1H3/t24-,25-/m0/s1. The highest BCUT2D eigenvalue weighted by atomic mass is 16.5. The largest absolute Gasteiger partial charge is 0.389 e. The van der Waals surface area contributed by atoms with E-state index in [-0.39, 0.29) is 6.04 Å². The fraction of sp³-hybridized carbons (Fsp3) is 0.760. The summed E-state index contributed by atoms with van der Waals surface area (Å²) in [5, 5.41) is 10.1. The lowest BCUT2D eigenvalue weighted by atomic mass is 10.0. The number of hydrogen-bond acceptors (Lipinski definition) is 3. The Bertz CT molecular complexity index is 437. The van der Waals surface area contributed by atoms with Crippen molar-refractivity contribution < 1.29 is 9.84 Å². The maximum atomic E-state index is 10.1. The molecule has 0 fully saturated rings. The van der Waals surface area contributed by atoms with Gasteiger partial charge in [-0.05, 0) is 12.0 Å². The first-order valence-electron chi connectivity index (χ1n) is 11.8. The van der Waals surface area contributed by atoms with Crippen molar-refractivity contribution in [1.82, 2.24) is 0 Å². The maximum Gasteiger partial charge on any atom is 0.0924 e. The lowest BCUT2D eigenvalue weighted by Crippen LogP contribution is -2.37. The number of hydrogen-bond donors (Lipinski definition) is 2. The van der Waals surface area contributed by atoms with Crippen molar-refractivity contribution in [3.63, 3.8) is 0 Å². The van der Waals surface area contributed by atoms with Crippen molar-refractivity contribution in [1.29, 1.82) is 0 Å². The summed E-state index contributed by atoms with van der Waals surface area (Å²) in [5.74, 6) is 0. The number of aliphatic hydroxyl groups excluding tert-OH is 1. The molecule has 0 unspecified atom stereocenters. The van der Waals surface area contributed by atoms with E-state index in [0.29, 0.717) is 13.2 Å². The average Bonchev–Trinajstić information content (AvgIpc) is 2.72. The van der Waals surface area contributed by atoms with Crippen LogP contribution in [0.1, 0.15) is 102 Å². The molecule has 3 N–H and O–H groups in total. The smallest absolute Gasteiger partial charge is 0.0924 e. The van der Waals surface area contributed by atoms with E-state index in [1.807, 2.05) is 30.3 Å². The minimum Gasteiger partial charge on any atom is -0.389 e. The molecule has 0 saturated carbocycles. The Labute approximate surface area is 174 Å². The molecule has 0 aliphatic carbocycles. The summed E-state index contributed by atoms with van der Waals surface area (Å²) in [6.07, 6.45) is 17.9. The van der Waals surface area contributed by atoms with Crippen LogP contribution in [0, 0.1) is 0 Å². The zero-order valence-corrected chi connectivity index (χ0v) is 18.3. The van der Waals surface area contributed by atoms with Gasteiger partial charge < -0.3 is 15.6 Å². The Morgan fingerprint density at radius 3 is 1.82 bits per heavy atom. The highest BCUT2D eigenvalue weighted by Crippen LogP contribution is 2.14. The predicted octanol–water partition coefficient (Wildman–Crippen LogP) is 6.37. The number of unbranched alkanes of at least 4 members (excludes halogenated alkanes) is 12. The third-order valence-corrected chi connectivity index (χ3v) is 5.54. The van der Waals surface area contributed by atoms with Gasteiger partial charge in [-0.3, -0.25) is 0 Å². The quantitative estimate of drug-likeness (QED) is 0.269. The molecule has 0 aliphatic heterocycles. The highest BCUT2D eigenvalue weighted by molar-refractivity contribution is 5.13. The summed E-state index contributed by atoms with van der Waals surface area (Å²) in [5.41, 5.74) is 7.23. The summed E-state index contributed by atoms with van der Waals surface area (Å²) in [7, 11) is 0. The van der Waals surface area contributed by atoms with Crippen molar-refractivity contribution in [3.05, 3.63) is 35.9 Å².